The Hall–Kier alpha value is -1.67. The monoisotopic (exact) mass is 426 g/mol. The molecule has 0 fully saturated rings. The number of aromatic hydroxyl groups is 1. The van der Waals surface area contributed by atoms with Gasteiger partial charge in [0.2, 0.25) is 0 Å². The standard InChI is InChI=1S/C23H38O7/c1-2-3-4-5-6-7-12-26-13-14-27-15-16-28-17-18-29-19-20-30-23(25)21-8-10-22(24)11-9-21/h8-11,24H,2-7,12-20H2,1H3. The van der Waals surface area contributed by atoms with E-state index in [1.54, 1.807) is 0 Å². The second-order valence-corrected chi connectivity index (χ2v) is 6.90. The van der Waals surface area contributed by atoms with Crippen LogP contribution in [0, 0.1) is 0 Å². The lowest BCUT2D eigenvalue weighted by Gasteiger charge is -2.08. The molecule has 7 nitrogen and oxygen atoms in total. The van der Waals surface area contributed by atoms with Crippen LogP contribution in [0.1, 0.15) is 55.8 Å². The van der Waals surface area contributed by atoms with Crippen LogP contribution in [0.25, 0.3) is 0 Å². The van der Waals surface area contributed by atoms with Gasteiger partial charge in [-0.25, -0.2) is 4.79 Å². The molecule has 0 atom stereocenters. The lowest BCUT2D eigenvalue weighted by atomic mass is 10.1. The first-order chi connectivity index (χ1) is 14.7. The fourth-order valence-corrected chi connectivity index (χ4v) is 2.62. The van der Waals surface area contributed by atoms with E-state index >= 15 is 0 Å². The van der Waals surface area contributed by atoms with E-state index in [-0.39, 0.29) is 12.4 Å². The van der Waals surface area contributed by atoms with Gasteiger partial charge in [-0.15, -0.1) is 0 Å². The Bertz CT molecular complexity index is 519. The Kier molecular flexibility index (Phi) is 17.0. The minimum atomic E-state index is -0.442. The average molecular weight is 427 g/mol. The summed E-state index contributed by atoms with van der Waals surface area (Å²) in [5.41, 5.74) is 0.393. The number of carbonyl (C=O) groups excluding carboxylic acids is 1. The number of hydrogen-bond donors (Lipinski definition) is 1. The molecule has 1 aromatic carbocycles. The predicted molar refractivity (Wildman–Crippen MR) is 115 cm³/mol. The van der Waals surface area contributed by atoms with E-state index in [1.807, 2.05) is 0 Å². The van der Waals surface area contributed by atoms with Crippen molar-refractivity contribution in [3.05, 3.63) is 29.8 Å². The van der Waals surface area contributed by atoms with E-state index in [1.165, 1.54) is 56.4 Å². The zero-order chi connectivity index (χ0) is 21.7. The Morgan fingerprint density at radius 1 is 0.667 bits per heavy atom. The summed E-state index contributed by atoms with van der Waals surface area (Å²) in [4.78, 5) is 11.7. The summed E-state index contributed by atoms with van der Waals surface area (Å²) in [5.74, 6) is -0.333. The maximum atomic E-state index is 11.7. The first-order valence-corrected chi connectivity index (χ1v) is 11.0. The van der Waals surface area contributed by atoms with Crippen LogP contribution in [0.3, 0.4) is 0 Å². The Labute approximate surface area is 180 Å². The first-order valence-electron chi connectivity index (χ1n) is 11.0. The summed E-state index contributed by atoms with van der Waals surface area (Å²) in [5, 5.41) is 9.19. The number of hydrogen-bond acceptors (Lipinski definition) is 7. The number of carbonyl (C=O) groups is 1. The van der Waals surface area contributed by atoms with Crippen molar-refractivity contribution in [3.8, 4) is 5.75 Å². The molecule has 0 aliphatic rings. The Morgan fingerprint density at radius 3 is 1.70 bits per heavy atom. The molecule has 0 aliphatic carbocycles. The highest BCUT2D eigenvalue weighted by Crippen LogP contribution is 2.10. The van der Waals surface area contributed by atoms with Crippen LogP contribution in [0.2, 0.25) is 0 Å². The van der Waals surface area contributed by atoms with Gasteiger partial charge in [0, 0.05) is 6.61 Å². The molecule has 0 aliphatic heterocycles. The quantitative estimate of drug-likeness (QED) is 0.249. The number of ether oxygens (including phenoxy) is 5. The molecule has 172 valence electrons. The van der Waals surface area contributed by atoms with Gasteiger partial charge in [0.25, 0.3) is 0 Å². The fourth-order valence-electron chi connectivity index (χ4n) is 2.62. The van der Waals surface area contributed by atoms with Crippen LogP contribution >= 0.6 is 0 Å². The number of phenolic OH excluding ortho intramolecular Hbond substituents is 1. The van der Waals surface area contributed by atoms with Crippen molar-refractivity contribution >= 4 is 5.97 Å². The van der Waals surface area contributed by atoms with Crippen molar-refractivity contribution in [2.75, 3.05) is 59.5 Å². The van der Waals surface area contributed by atoms with Crippen molar-refractivity contribution in [3.63, 3.8) is 0 Å². The zero-order valence-corrected chi connectivity index (χ0v) is 18.3. The van der Waals surface area contributed by atoms with E-state index in [4.69, 9.17) is 23.7 Å². The Morgan fingerprint density at radius 2 is 1.13 bits per heavy atom. The first kappa shape index (κ1) is 26.4. The van der Waals surface area contributed by atoms with E-state index in [2.05, 4.69) is 6.92 Å². The van der Waals surface area contributed by atoms with Crippen molar-refractivity contribution < 1.29 is 33.6 Å². The Balaban J connectivity index is 1.75. The van der Waals surface area contributed by atoms with Gasteiger partial charge in [-0.2, -0.15) is 0 Å². The maximum Gasteiger partial charge on any atom is 0.338 e. The molecular weight excluding hydrogens is 388 g/mol. The molecule has 30 heavy (non-hydrogen) atoms. The number of esters is 1. The highest BCUT2D eigenvalue weighted by atomic mass is 16.6. The largest absolute Gasteiger partial charge is 0.508 e. The summed E-state index contributed by atoms with van der Waals surface area (Å²) in [6, 6.07) is 5.90. The molecule has 0 spiro atoms. The van der Waals surface area contributed by atoms with Crippen molar-refractivity contribution in [1.82, 2.24) is 0 Å². The van der Waals surface area contributed by atoms with Gasteiger partial charge in [-0.3, -0.25) is 0 Å². The topological polar surface area (TPSA) is 83.5 Å². The van der Waals surface area contributed by atoms with Crippen LogP contribution in [0.5, 0.6) is 5.75 Å². The molecule has 0 saturated heterocycles. The maximum absolute atomic E-state index is 11.7. The third-order valence-corrected chi connectivity index (χ3v) is 4.32. The van der Waals surface area contributed by atoms with Gasteiger partial charge in [-0.05, 0) is 30.7 Å². The number of benzene rings is 1. The summed E-state index contributed by atoms with van der Waals surface area (Å²) >= 11 is 0. The molecule has 0 radical (unpaired) electrons. The summed E-state index contributed by atoms with van der Waals surface area (Å²) < 4.78 is 26.8. The molecule has 0 aromatic heterocycles. The van der Waals surface area contributed by atoms with Crippen molar-refractivity contribution in [2.24, 2.45) is 0 Å². The third-order valence-electron chi connectivity index (χ3n) is 4.32. The highest BCUT2D eigenvalue weighted by Gasteiger charge is 2.06. The molecule has 7 heteroatoms. The predicted octanol–water partition coefficient (Wildman–Crippen LogP) is 3.98. The van der Waals surface area contributed by atoms with Gasteiger partial charge in [0.1, 0.15) is 12.4 Å². The lowest BCUT2D eigenvalue weighted by molar-refractivity contribution is -0.00913. The molecular formula is C23H38O7. The molecule has 0 unspecified atom stereocenters. The molecule has 1 rings (SSSR count). The van der Waals surface area contributed by atoms with Gasteiger partial charge < -0.3 is 28.8 Å². The third kappa shape index (κ3) is 15.2. The van der Waals surface area contributed by atoms with Crippen LogP contribution in [-0.2, 0) is 23.7 Å². The number of unbranched alkanes of at least 4 members (excludes halogenated alkanes) is 5. The number of phenols is 1. The van der Waals surface area contributed by atoms with Crippen LogP contribution in [-0.4, -0.2) is 70.5 Å². The van der Waals surface area contributed by atoms with Crippen LogP contribution in [0.15, 0.2) is 24.3 Å². The molecule has 1 N–H and O–H groups in total. The van der Waals surface area contributed by atoms with Gasteiger partial charge in [0.15, 0.2) is 0 Å². The second-order valence-electron chi connectivity index (χ2n) is 6.90. The van der Waals surface area contributed by atoms with Crippen LogP contribution < -0.4 is 0 Å². The normalized spacial score (nSPS) is 11.0. The molecule has 0 saturated carbocycles. The molecule has 1 aromatic rings. The summed E-state index contributed by atoms with van der Waals surface area (Å²) in [6.07, 6.45) is 7.63. The van der Waals surface area contributed by atoms with E-state index in [9.17, 15) is 9.90 Å². The van der Waals surface area contributed by atoms with Gasteiger partial charge in [0.05, 0.1) is 51.8 Å². The van der Waals surface area contributed by atoms with Gasteiger partial charge >= 0.3 is 5.97 Å². The lowest BCUT2D eigenvalue weighted by Crippen LogP contribution is -2.14. The second kappa shape index (κ2) is 19.3. The van der Waals surface area contributed by atoms with Crippen molar-refractivity contribution in [2.45, 2.75) is 45.4 Å². The number of rotatable bonds is 20. The highest BCUT2D eigenvalue weighted by molar-refractivity contribution is 5.89. The van der Waals surface area contributed by atoms with E-state index < -0.39 is 5.97 Å². The summed E-state index contributed by atoms with van der Waals surface area (Å²) in [7, 11) is 0. The molecule has 0 amide bonds. The minimum absolute atomic E-state index is 0.108. The average Bonchev–Trinajstić information content (AvgIpc) is 2.75. The van der Waals surface area contributed by atoms with E-state index in [0.29, 0.717) is 51.8 Å². The van der Waals surface area contributed by atoms with Crippen molar-refractivity contribution in [1.29, 1.82) is 0 Å². The SMILES string of the molecule is CCCCCCCCOCCOCCOCCOCCOC(=O)c1ccc(O)cc1. The summed E-state index contributed by atoms with van der Waals surface area (Å²) in [6.45, 7) is 6.66. The van der Waals surface area contributed by atoms with Crippen LogP contribution in [0.4, 0.5) is 0 Å². The zero-order valence-electron chi connectivity index (χ0n) is 18.3. The molecule has 0 heterocycles. The van der Waals surface area contributed by atoms with E-state index in [0.717, 1.165) is 13.0 Å². The minimum Gasteiger partial charge on any atom is -0.508 e. The van der Waals surface area contributed by atoms with Gasteiger partial charge in [-0.1, -0.05) is 39.0 Å². The molecule has 0 bridgehead atoms. The smallest absolute Gasteiger partial charge is 0.338 e. The fraction of sp³-hybridized carbons (Fsp3) is 0.696.